The molecule has 0 spiro atoms. The van der Waals surface area contributed by atoms with Gasteiger partial charge in [0.1, 0.15) is 5.60 Å². The number of alkyl carbamates (subject to hydrolysis) is 1. The monoisotopic (exact) mass is 334 g/mol. The Morgan fingerprint density at radius 2 is 2.04 bits per heavy atom. The Bertz CT molecular complexity index is 513. The van der Waals surface area contributed by atoms with Crippen LogP contribution in [0, 0.1) is 5.92 Å². The van der Waals surface area contributed by atoms with Crippen LogP contribution in [0.15, 0.2) is 30.3 Å². The van der Waals surface area contributed by atoms with E-state index in [-0.39, 0.29) is 24.7 Å². The largest absolute Gasteiger partial charge is 0.444 e. The van der Waals surface area contributed by atoms with Crippen molar-refractivity contribution in [1.29, 1.82) is 0 Å². The second-order valence-corrected chi connectivity index (χ2v) is 7.53. The first-order valence-electron chi connectivity index (χ1n) is 8.74. The number of carbonyl (C=O) groups excluding carboxylic acids is 1. The van der Waals surface area contributed by atoms with E-state index in [1.54, 1.807) is 0 Å². The van der Waals surface area contributed by atoms with Crippen LogP contribution in [0.1, 0.15) is 39.2 Å². The lowest BCUT2D eigenvalue weighted by Gasteiger charge is -2.39. The molecule has 2 N–H and O–H groups in total. The molecular weight excluding hydrogens is 304 g/mol. The van der Waals surface area contributed by atoms with E-state index in [1.165, 1.54) is 5.56 Å². The second kappa shape index (κ2) is 8.49. The molecule has 2 atom stereocenters. The Hall–Kier alpha value is -1.59. The van der Waals surface area contributed by atoms with Gasteiger partial charge in [0.05, 0.1) is 0 Å². The molecule has 1 aliphatic rings. The molecule has 0 bridgehead atoms. The lowest BCUT2D eigenvalue weighted by Crippen LogP contribution is -2.53. The number of nitrogens with zero attached hydrogens (tertiary/aromatic N) is 1. The smallest absolute Gasteiger partial charge is 0.407 e. The molecule has 1 aromatic rings. The highest BCUT2D eigenvalue weighted by Crippen LogP contribution is 2.23. The molecule has 0 aromatic heterocycles. The highest BCUT2D eigenvalue weighted by molar-refractivity contribution is 5.68. The Balaban J connectivity index is 1.96. The average molecular weight is 334 g/mol. The molecule has 2 rings (SSSR count). The molecule has 1 aromatic carbocycles. The number of piperidine rings is 1. The number of aliphatic hydroxyl groups is 1. The van der Waals surface area contributed by atoms with Gasteiger partial charge in [-0.15, -0.1) is 0 Å². The normalized spacial score (nSPS) is 22.2. The number of rotatable bonds is 5. The topological polar surface area (TPSA) is 61.8 Å². The van der Waals surface area contributed by atoms with Gasteiger partial charge in [0.25, 0.3) is 0 Å². The van der Waals surface area contributed by atoms with Crippen LogP contribution in [0.5, 0.6) is 0 Å². The van der Waals surface area contributed by atoms with Crippen LogP contribution in [0.25, 0.3) is 0 Å². The first-order valence-corrected chi connectivity index (χ1v) is 8.74. The summed E-state index contributed by atoms with van der Waals surface area (Å²) in [5.41, 5.74) is 0.767. The highest BCUT2D eigenvalue weighted by atomic mass is 16.6. The molecule has 5 heteroatoms. The SMILES string of the molecule is CC(C)(C)OC(=O)N[C@@H]1CN(Cc2ccccc2)CC[C@H]1CCO. The number of aliphatic hydroxyl groups excluding tert-OH is 1. The van der Waals surface area contributed by atoms with Gasteiger partial charge in [0.15, 0.2) is 0 Å². The Morgan fingerprint density at radius 1 is 1.33 bits per heavy atom. The zero-order valence-corrected chi connectivity index (χ0v) is 15.0. The number of benzene rings is 1. The van der Waals surface area contributed by atoms with Gasteiger partial charge in [-0.2, -0.15) is 0 Å². The number of hydrogen-bond acceptors (Lipinski definition) is 4. The summed E-state index contributed by atoms with van der Waals surface area (Å²) in [4.78, 5) is 14.5. The fourth-order valence-corrected chi connectivity index (χ4v) is 3.19. The number of likely N-dealkylation sites (tertiary alicyclic amines) is 1. The molecule has 1 saturated heterocycles. The average Bonchev–Trinajstić information content (AvgIpc) is 2.49. The van der Waals surface area contributed by atoms with Gasteiger partial charge >= 0.3 is 6.09 Å². The maximum absolute atomic E-state index is 12.1. The zero-order chi connectivity index (χ0) is 17.6. The van der Waals surface area contributed by atoms with Crippen LogP contribution < -0.4 is 5.32 Å². The number of amides is 1. The summed E-state index contributed by atoms with van der Waals surface area (Å²) in [7, 11) is 0. The molecule has 1 heterocycles. The van der Waals surface area contributed by atoms with Crippen molar-refractivity contribution in [2.45, 2.75) is 51.8 Å². The van der Waals surface area contributed by atoms with Crippen LogP contribution in [0.2, 0.25) is 0 Å². The standard InChI is InChI=1S/C19H30N2O3/c1-19(2,3)24-18(23)20-17-14-21(11-9-16(17)10-12-22)13-15-7-5-4-6-8-15/h4-8,16-17,22H,9-14H2,1-3H3,(H,20,23)/t16-,17+/m0/s1. The molecule has 24 heavy (non-hydrogen) atoms. The zero-order valence-electron chi connectivity index (χ0n) is 15.0. The molecule has 0 radical (unpaired) electrons. The Labute approximate surface area is 145 Å². The van der Waals surface area contributed by atoms with Gasteiger partial charge in [0.2, 0.25) is 0 Å². The van der Waals surface area contributed by atoms with E-state index in [0.717, 1.165) is 26.1 Å². The minimum absolute atomic E-state index is 0.00413. The van der Waals surface area contributed by atoms with Gasteiger partial charge in [-0.25, -0.2) is 4.79 Å². The molecule has 1 fully saturated rings. The van der Waals surface area contributed by atoms with Crippen molar-refractivity contribution in [3.8, 4) is 0 Å². The van der Waals surface area contributed by atoms with Crippen molar-refractivity contribution in [2.75, 3.05) is 19.7 Å². The minimum Gasteiger partial charge on any atom is -0.444 e. The first kappa shape index (κ1) is 18.7. The molecule has 0 unspecified atom stereocenters. The van der Waals surface area contributed by atoms with E-state index in [1.807, 2.05) is 39.0 Å². The summed E-state index contributed by atoms with van der Waals surface area (Å²) >= 11 is 0. The Kier molecular flexibility index (Phi) is 6.63. The van der Waals surface area contributed by atoms with Crippen LogP contribution in [0.3, 0.4) is 0 Å². The van der Waals surface area contributed by atoms with Crippen LogP contribution in [-0.2, 0) is 11.3 Å². The summed E-state index contributed by atoms with van der Waals surface area (Å²) in [6, 6.07) is 10.4. The van der Waals surface area contributed by atoms with E-state index < -0.39 is 5.60 Å². The van der Waals surface area contributed by atoms with Crippen molar-refractivity contribution in [3.63, 3.8) is 0 Å². The second-order valence-electron chi connectivity index (χ2n) is 7.53. The van der Waals surface area contributed by atoms with Gasteiger partial charge < -0.3 is 15.2 Å². The lowest BCUT2D eigenvalue weighted by molar-refractivity contribution is 0.0406. The molecule has 5 nitrogen and oxygen atoms in total. The van der Waals surface area contributed by atoms with Gasteiger partial charge in [-0.05, 0) is 51.6 Å². The quantitative estimate of drug-likeness (QED) is 0.869. The number of carbonyl (C=O) groups is 1. The van der Waals surface area contributed by atoms with Crippen molar-refractivity contribution in [3.05, 3.63) is 35.9 Å². The van der Waals surface area contributed by atoms with E-state index in [4.69, 9.17) is 4.74 Å². The Morgan fingerprint density at radius 3 is 2.67 bits per heavy atom. The summed E-state index contributed by atoms with van der Waals surface area (Å²) in [6.07, 6.45) is 1.30. The predicted molar refractivity (Wildman–Crippen MR) is 94.7 cm³/mol. The predicted octanol–water partition coefficient (Wildman–Crippen LogP) is 2.78. The molecule has 134 valence electrons. The van der Waals surface area contributed by atoms with Crippen LogP contribution in [0.4, 0.5) is 4.79 Å². The molecule has 1 amide bonds. The van der Waals surface area contributed by atoms with E-state index in [0.29, 0.717) is 6.42 Å². The summed E-state index contributed by atoms with van der Waals surface area (Å²) < 4.78 is 5.39. The van der Waals surface area contributed by atoms with E-state index in [9.17, 15) is 9.90 Å². The molecular formula is C19H30N2O3. The van der Waals surface area contributed by atoms with Crippen molar-refractivity contribution >= 4 is 6.09 Å². The van der Waals surface area contributed by atoms with Gasteiger partial charge in [-0.3, -0.25) is 4.90 Å². The number of hydrogen-bond donors (Lipinski definition) is 2. The summed E-state index contributed by atoms with van der Waals surface area (Å²) in [6.45, 7) is 8.36. The van der Waals surface area contributed by atoms with Crippen LogP contribution in [-0.4, -0.2) is 47.4 Å². The maximum Gasteiger partial charge on any atom is 0.407 e. The van der Waals surface area contributed by atoms with Gasteiger partial charge in [0, 0.05) is 25.7 Å². The maximum atomic E-state index is 12.1. The fourth-order valence-electron chi connectivity index (χ4n) is 3.19. The number of ether oxygens (including phenoxy) is 1. The minimum atomic E-state index is -0.505. The van der Waals surface area contributed by atoms with Crippen LogP contribution >= 0.6 is 0 Å². The van der Waals surface area contributed by atoms with E-state index in [2.05, 4.69) is 22.3 Å². The van der Waals surface area contributed by atoms with Gasteiger partial charge in [-0.1, -0.05) is 30.3 Å². The third kappa shape index (κ3) is 6.13. The molecule has 0 aliphatic carbocycles. The lowest BCUT2D eigenvalue weighted by atomic mass is 9.88. The highest BCUT2D eigenvalue weighted by Gasteiger charge is 2.31. The molecule has 0 saturated carbocycles. The van der Waals surface area contributed by atoms with Crippen molar-refractivity contribution in [2.24, 2.45) is 5.92 Å². The van der Waals surface area contributed by atoms with Crippen molar-refractivity contribution < 1.29 is 14.6 Å². The van der Waals surface area contributed by atoms with Crippen molar-refractivity contribution in [1.82, 2.24) is 10.2 Å². The third-order valence-electron chi connectivity index (χ3n) is 4.29. The number of nitrogens with one attached hydrogen (secondary N) is 1. The molecule has 1 aliphatic heterocycles. The summed E-state index contributed by atoms with van der Waals surface area (Å²) in [5, 5.41) is 12.3. The third-order valence-corrected chi connectivity index (χ3v) is 4.29. The summed E-state index contributed by atoms with van der Waals surface area (Å²) in [5.74, 6) is 0.287. The fraction of sp³-hybridized carbons (Fsp3) is 0.632. The first-order chi connectivity index (χ1) is 11.4. The van der Waals surface area contributed by atoms with E-state index >= 15 is 0 Å².